The van der Waals surface area contributed by atoms with Gasteiger partial charge in [-0.05, 0) is 35.4 Å². The molecule has 0 saturated carbocycles. The Kier molecular flexibility index (Phi) is 4.27. The summed E-state index contributed by atoms with van der Waals surface area (Å²) in [6.45, 7) is 0. The third kappa shape index (κ3) is 3.58. The van der Waals surface area contributed by atoms with E-state index < -0.39 is 35.0 Å². The van der Waals surface area contributed by atoms with Crippen LogP contribution < -0.4 is 0 Å². The first-order chi connectivity index (χ1) is 9.79. The number of aliphatic hydroxyl groups excluding tert-OH is 1. The number of hydrogen-bond acceptors (Lipinski definition) is 1. The molecule has 112 valence electrons. The minimum atomic E-state index is -4.72. The zero-order valence-corrected chi connectivity index (χ0v) is 10.7. The Bertz CT molecular complexity index is 636. The van der Waals surface area contributed by atoms with Crippen LogP contribution in [0.2, 0.25) is 0 Å². The second kappa shape index (κ2) is 5.81. The molecule has 0 spiro atoms. The van der Waals surface area contributed by atoms with E-state index in [1.165, 1.54) is 18.2 Å². The molecule has 0 radical (unpaired) electrons. The molecule has 2 aromatic carbocycles. The van der Waals surface area contributed by atoms with Gasteiger partial charge in [0, 0.05) is 6.42 Å². The van der Waals surface area contributed by atoms with Gasteiger partial charge in [-0.3, -0.25) is 0 Å². The van der Waals surface area contributed by atoms with E-state index in [2.05, 4.69) is 0 Å². The van der Waals surface area contributed by atoms with Crippen LogP contribution in [0.5, 0.6) is 0 Å². The summed E-state index contributed by atoms with van der Waals surface area (Å²) in [7, 11) is 0. The predicted molar refractivity (Wildman–Crippen MR) is 66.5 cm³/mol. The monoisotopic (exact) mass is 302 g/mol. The van der Waals surface area contributed by atoms with Gasteiger partial charge in [0.1, 0.15) is 11.6 Å². The van der Waals surface area contributed by atoms with E-state index in [1.54, 1.807) is 0 Å². The van der Waals surface area contributed by atoms with Crippen molar-refractivity contribution in [2.75, 3.05) is 0 Å². The number of hydrogen-bond donors (Lipinski definition) is 1. The van der Waals surface area contributed by atoms with Crippen LogP contribution in [0.25, 0.3) is 0 Å². The van der Waals surface area contributed by atoms with Crippen LogP contribution in [-0.4, -0.2) is 5.11 Å². The summed E-state index contributed by atoms with van der Waals surface area (Å²) in [6.07, 6.45) is -6.76. The van der Waals surface area contributed by atoms with Gasteiger partial charge in [0.25, 0.3) is 0 Å². The van der Waals surface area contributed by atoms with Crippen molar-refractivity contribution < 1.29 is 27.1 Å². The van der Waals surface area contributed by atoms with E-state index in [4.69, 9.17) is 0 Å². The molecular formula is C15H11F5O. The minimum Gasteiger partial charge on any atom is -0.388 e. The molecule has 0 saturated heterocycles. The molecule has 0 heterocycles. The van der Waals surface area contributed by atoms with Crippen LogP contribution >= 0.6 is 0 Å². The van der Waals surface area contributed by atoms with Crippen LogP contribution in [-0.2, 0) is 12.6 Å². The number of benzene rings is 2. The Morgan fingerprint density at radius 1 is 1.00 bits per heavy atom. The third-order valence-electron chi connectivity index (χ3n) is 3.05. The molecule has 0 fully saturated rings. The highest BCUT2D eigenvalue weighted by Gasteiger charge is 2.35. The molecule has 0 bridgehead atoms. The highest BCUT2D eigenvalue weighted by atomic mass is 19.4. The summed E-state index contributed by atoms with van der Waals surface area (Å²) in [6, 6.07) is 7.27. The molecule has 1 nitrogen and oxygen atoms in total. The van der Waals surface area contributed by atoms with Crippen LogP contribution in [0.3, 0.4) is 0 Å². The SMILES string of the molecule is OC(Cc1ccccc1F)c1cc(F)ccc1C(F)(F)F. The number of halogens is 5. The van der Waals surface area contributed by atoms with Crippen LogP contribution in [0.15, 0.2) is 42.5 Å². The molecule has 1 N–H and O–H groups in total. The van der Waals surface area contributed by atoms with Gasteiger partial charge in [-0.1, -0.05) is 18.2 Å². The molecule has 0 aliphatic rings. The summed E-state index contributed by atoms with van der Waals surface area (Å²) < 4.78 is 65.2. The van der Waals surface area contributed by atoms with E-state index in [-0.39, 0.29) is 12.0 Å². The molecule has 0 aliphatic heterocycles. The van der Waals surface area contributed by atoms with Gasteiger partial charge in [0.15, 0.2) is 0 Å². The summed E-state index contributed by atoms with van der Waals surface area (Å²) in [5, 5.41) is 9.93. The summed E-state index contributed by atoms with van der Waals surface area (Å²) in [5.41, 5.74) is -1.68. The normalized spacial score (nSPS) is 13.2. The van der Waals surface area contributed by atoms with Gasteiger partial charge in [-0.15, -0.1) is 0 Å². The molecule has 0 aliphatic carbocycles. The van der Waals surface area contributed by atoms with E-state index >= 15 is 0 Å². The Hall–Kier alpha value is -1.95. The maximum absolute atomic E-state index is 13.5. The second-order valence-corrected chi connectivity index (χ2v) is 4.54. The maximum Gasteiger partial charge on any atom is 0.416 e. The lowest BCUT2D eigenvalue weighted by Gasteiger charge is -2.18. The lowest BCUT2D eigenvalue weighted by molar-refractivity contribution is -0.139. The van der Waals surface area contributed by atoms with E-state index in [0.717, 1.165) is 6.07 Å². The Balaban J connectivity index is 2.37. The summed E-state index contributed by atoms with van der Waals surface area (Å²) in [5.74, 6) is -1.54. The quantitative estimate of drug-likeness (QED) is 0.840. The van der Waals surface area contributed by atoms with Crippen LogP contribution in [0, 0.1) is 11.6 Å². The number of rotatable bonds is 3. The zero-order valence-electron chi connectivity index (χ0n) is 10.7. The molecule has 0 aromatic heterocycles. The molecule has 0 amide bonds. The lowest BCUT2D eigenvalue weighted by atomic mass is 9.96. The van der Waals surface area contributed by atoms with Crippen molar-refractivity contribution in [3.8, 4) is 0 Å². The van der Waals surface area contributed by atoms with Crippen molar-refractivity contribution in [3.05, 3.63) is 70.8 Å². The zero-order chi connectivity index (χ0) is 15.6. The molecule has 21 heavy (non-hydrogen) atoms. The van der Waals surface area contributed by atoms with Crippen LogP contribution in [0.4, 0.5) is 22.0 Å². The van der Waals surface area contributed by atoms with Gasteiger partial charge < -0.3 is 5.11 Å². The minimum absolute atomic E-state index is 0.0578. The van der Waals surface area contributed by atoms with Crippen molar-refractivity contribution in [1.29, 1.82) is 0 Å². The fraction of sp³-hybridized carbons (Fsp3) is 0.200. The summed E-state index contributed by atoms with van der Waals surface area (Å²) >= 11 is 0. The molecular weight excluding hydrogens is 291 g/mol. The van der Waals surface area contributed by atoms with Gasteiger partial charge in [-0.2, -0.15) is 13.2 Å². The fourth-order valence-corrected chi connectivity index (χ4v) is 2.05. The van der Waals surface area contributed by atoms with Gasteiger partial charge in [0.2, 0.25) is 0 Å². The van der Waals surface area contributed by atoms with Crippen molar-refractivity contribution in [2.24, 2.45) is 0 Å². The molecule has 1 unspecified atom stereocenters. The largest absolute Gasteiger partial charge is 0.416 e. The Morgan fingerprint density at radius 3 is 2.29 bits per heavy atom. The highest BCUT2D eigenvalue weighted by molar-refractivity contribution is 5.33. The molecule has 6 heteroatoms. The van der Waals surface area contributed by atoms with Gasteiger partial charge in [-0.25, -0.2) is 8.78 Å². The first-order valence-electron chi connectivity index (χ1n) is 6.07. The number of alkyl halides is 3. The standard InChI is InChI=1S/C15H11F5O/c16-10-5-6-12(15(18,19)20)11(8-10)14(21)7-9-3-1-2-4-13(9)17/h1-6,8,14,21H,7H2. The fourth-order valence-electron chi connectivity index (χ4n) is 2.05. The molecule has 1 atom stereocenters. The topological polar surface area (TPSA) is 20.2 Å². The average molecular weight is 302 g/mol. The Labute approximate surface area is 117 Å². The van der Waals surface area contributed by atoms with Gasteiger partial charge >= 0.3 is 6.18 Å². The summed E-state index contributed by atoms with van der Waals surface area (Å²) in [4.78, 5) is 0. The maximum atomic E-state index is 13.5. The third-order valence-corrected chi connectivity index (χ3v) is 3.05. The second-order valence-electron chi connectivity index (χ2n) is 4.54. The van der Waals surface area contributed by atoms with Crippen molar-refractivity contribution in [1.82, 2.24) is 0 Å². The van der Waals surface area contributed by atoms with Crippen molar-refractivity contribution in [2.45, 2.75) is 18.7 Å². The highest BCUT2D eigenvalue weighted by Crippen LogP contribution is 2.36. The Morgan fingerprint density at radius 2 is 1.67 bits per heavy atom. The van der Waals surface area contributed by atoms with Crippen molar-refractivity contribution in [3.63, 3.8) is 0 Å². The first kappa shape index (κ1) is 15.4. The first-order valence-corrected chi connectivity index (χ1v) is 6.07. The van der Waals surface area contributed by atoms with E-state index in [9.17, 15) is 27.1 Å². The number of aliphatic hydroxyl groups is 1. The smallest absolute Gasteiger partial charge is 0.388 e. The van der Waals surface area contributed by atoms with Crippen LogP contribution in [0.1, 0.15) is 22.8 Å². The van der Waals surface area contributed by atoms with Crippen molar-refractivity contribution >= 4 is 0 Å². The lowest BCUT2D eigenvalue weighted by Crippen LogP contribution is -2.14. The molecule has 2 aromatic rings. The molecule has 2 rings (SSSR count). The van der Waals surface area contributed by atoms with Gasteiger partial charge in [0.05, 0.1) is 11.7 Å². The van der Waals surface area contributed by atoms with E-state index in [1.807, 2.05) is 0 Å². The predicted octanol–water partition coefficient (Wildman–Crippen LogP) is 4.26. The average Bonchev–Trinajstić information content (AvgIpc) is 2.40. The van der Waals surface area contributed by atoms with E-state index in [0.29, 0.717) is 18.2 Å².